The molecule has 0 spiro atoms. The van der Waals surface area contributed by atoms with E-state index in [-0.39, 0.29) is 0 Å². The molecule has 0 heterocycles. The Morgan fingerprint density at radius 1 is 0.343 bits per heavy atom. The smallest absolute Gasteiger partial charge is 0.320 e. The van der Waals surface area contributed by atoms with Gasteiger partial charge in [-0.15, -0.1) is 0 Å². The Kier molecular flexibility index (Phi) is 18.2. The lowest BCUT2D eigenvalue weighted by molar-refractivity contribution is 0.258. The molecule has 0 atom stereocenters. The lowest BCUT2D eigenvalue weighted by Crippen LogP contribution is -2.64. The van der Waals surface area contributed by atoms with Gasteiger partial charge < -0.3 is 20.6 Å². The van der Waals surface area contributed by atoms with Gasteiger partial charge in [-0.2, -0.15) is 0 Å². The number of hydrogen-bond acceptors (Lipinski definition) is 5. The third-order valence-electron chi connectivity index (χ3n) is 8.01. The third-order valence-corrected chi connectivity index (χ3v) is 35.3. The van der Waals surface area contributed by atoms with E-state index < -0.39 is 52.3 Å². The van der Waals surface area contributed by atoms with Crippen molar-refractivity contribution in [3.63, 3.8) is 0 Å². The van der Waals surface area contributed by atoms with E-state index in [9.17, 15) is 0 Å². The van der Waals surface area contributed by atoms with Crippen LogP contribution in [0.4, 0.5) is 0 Å². The summed E-state index contributed by atoms with van der Waals surface area (Å²) >= 11 is 0. The molecule has 0 aliphatic rings. The zero-order chi connectivity index (χ0) is 27.2. The molecule has 0 aromatic carbocycles. The Bertz CT molecular complexity index is 486. The van der Waals surface area contributed by atoms with Gasteiger partial charge in [0.2, 0.25) is 0 Å². The van der Waals surface area contributed by atoms with Crippen LogP contribution >= 0.6 is 0 Å². The Morgan fingerprint density at radius 3 is 0.714 bits per heavy atom. The molecule has 5 nitrogen and oxygen atoms in total. The minimum absolute atomic E-state index is 0.957. The first-order valence-corrected chi connectivity index (χ1v) is 28.2. The van der Waals surface area contributed by atoms with Crippen molar-refractivity contribution in [2.45, 2.75) is 156 Å². The molecular formula is C24H62O5Si6. The maximum absolute atomic E-state index is 7.41. The van der Waals surface area contributed by atoms with Crippen molar-refractivity contribution in [2.24, 2.45) is 0 Å². The zero-order valence-electron chi connectivity index (χ0n) is 25.7. The van der Waals surface area contributed by atoms with E-state index in [1.54, 1.807) is 0 Å². The number of rotatable bonds is 22. The molecule has 0 radical (unpaired) electrons. The van der Waals surface area contributed by atoms with Gasteiger partial charge in [0.25, 0.3) is 0 Å². The summed E-state index contributed by atoms with van der Waals surface area (Å²) in [4.78, 5) is 0. The molecule has 0 unspecified atom stereocenters. The lowest BCUT2D eigenvalue weighted by Gasteiger charge is -2.48. The maximum atomic E-state index is 7.41. The molecule has 0 saturated carbocycles. The van der Waals surface area contributed by atoms with E-state index in [1.165, 1.54) is 24.2 Å². The van der Waals surface area contributed by atoms with Crippen LogP contribution in [0, 0.1) is 0 Å². The SMILES string of the molecule is CC[SiH](CC)O[Si](CC)(CC)O[Si](CC)(CC)O[Si](CC)(CC)O[Si](CC)(CC)O[SiH](CC)CC. The Labute approximate surface area is 227 Å². The highest BCUT2D eigenvalue weighted by Gasteiger charge is 2.54. The van der Waals surface area contributed by atoms with Crippen molar-refractivity contribution < 1.29 is 20.6 Å². The molecule has 0 rings (SSSR count). The van der Waals surface area contributed by atoms with Crippen molar-refractivity contribution in [1.82, 2.24) is 0 Å². The number of hydrogen-bond donors (Lipinski definition) is 0. The summed E-state index contributed by atoms with van der Waals surface area (Å²) in [6.45, 7) is 27.3. The molecule has 0 aliphatic heterocycles. The second kappa shape index (κ2) is 17.6. The molecule has 0 saturated heterocycles. The van der Waals surface area contributed by atoms with Crippen LogP contribution in [0.2, 0.25) is 72.5 Å². The summed E-state index contributed by atoms with van der Waals surface area (Å²) in [6, 6.07) is 12.5. The van der Waals surface area contributed by atoms with Crippen LogP contribution in [0.15, 0.2) is 0 Å². The van der Waals surface area contributed by atoms with Gasteiger partial charge >= 0.3 is 34.2 Å². The van der Waals surface area contributed by atoms with Gasteiger partial charge in [-0.1, -0.05) is 83.1 Å². The molecule has 0 N–H and O–H groups in total. The van der Waals surface area contributed by atoms with Crippen molar-refractivity contribution in [2.75, 3.05) is 0 Å². The second-order valence-corrected chi connectivity index (χ2v) is 32.9. The average Bonchev–Trinajstić information content (AvgIpc) is 2.92. The molecule has 0 bridgehead atoms. The van der Waals surface area contributed by atoms with Gasteiger partial charge in [0.05, 0.1) is 0 Å². The van der Waals surface area contributed by atoms with Gasteiger partial charge in [-0.25, -0.2) is 0 Å². The van der Waals surface area contributed by atoms with E-state index in [2.05, 4.69) is 83.1 Å². The van der Waals surface area contributed by atoms with Gasteiger partial charge in [0.15, 0.2) is 18.1 Å². The van der Waals surface area contributed by atoms with Crippen LogP contribution in [-0.4, -0.2) is 52.3 Å². The standard InChI is InChI=1S/C24H62O5Si6/c1-13-30(14-2)25-32(17-5,18-6)27-34(21-9,22-10)29-35(23-11,24-12)28-33(19-7,20-8)26-31(15-3)16-4/h30-31H,13-24H2,1-12H3. The first kappa shape index (κ1) is 36.1. The highest BCUT2D eigenvalue weighted by molar-refractivity contribution is 6.91. The molecular weight excluding hydrogens is 537 g/mol. The molecule has 35 heavy (non-hydrogen) atoms. The van der Waals surface area contributed by atoms with E-state index in [0.717, 1.165) is 48.4 Å². The Morgan fingerprint density at radius 2 is 0.543 bits per heavy atom. The lowest BCUT2D eigenvalue weighted by atomic mass is 10.9. The maximum Gasteiger partial charge on any atom is 0.320 e. The molecule has 0 aromatic rings. The van der Waals surface area contributed by atoms with Crippen LogP contribution in [0.3, 0.4) is 0 Å². The van der Waals surface area contributed by atoms with E-state index in [0.29, 0.717) is 0 Å². The van der Waals surface area contributed by atoms with Crippen molar-refractivity contribution in [1.29, 1.82) is 0 Å². The minimum atomic E-state index is -2.50. The monoisotopic (exact) mass is 598 g/mol. The molecule has 11 heteroatoms. The molecule has 0 amide bonds. The summed E-state index contributed by atoms with van der Waals surface area (Å²) in [7, 11) is -12.1. The van der Waals surface area contributed by atoms with Crippen molar-refractivity contribution in [3.05, 3.63) is 0 Å². The summed E-state index contributed by atoms with van der Waals surface area (Å²) < 4.78 is 36.0. The fourth-order valence-corrected chi connectivity index (χ4v) is 35.6. The Hall–Kier alpha value is 1.10. The predicted octanol–water partition coefficient (Wildman–Crippen LogP) is 8.52. The van der Waals surface area contributed by atoms with Gasteiger partial charge in [-0.05, 0) is 72.5 Å². The second-order valence-electron chi connectivity index (χ2n) is 9.89. The quantitative estimate of drug-likeness (QED) is 0.117. The van der Waals surface area contributed by atoms with Gasteiger partial charge in [-0.3, -0.25) is 0 Å². The summed E-state index contributed by atoms with van der Waals surface area (Å²) in [5.74, 6) is 0. The highest BCUT2D eigenvalue weighted by Crippen LogP contribution is 2.37. The van der Waals surface area contributed by atoms with Crippen molar-refractivity contribution >= 4 is 52.3 Å². The topological polar surface area (TPSA) is 46.2 Å². The minimum Gasteiger partial charge on any atom is -0.439 e. The fraction of sp³-hybridized carbons (Fsp3) is 1.00. The van der Waals surface area contributed by atoms with Crippen LogP contribution in [0.25, 0.3) is 0 Å². The van der Waals surface area contributed by atoms with Crippen molar-refractivity contribution in [3.8, 4) is 0 Å². The van der Waals surface area contributed by atoms with E-state index in [1.807, 2.05) is 0 Å². The van der Waals surface area contributed by atoms with Crippen LogP contribution in [0.5, 0.6) is 0 Å². The normalized spacial score (nSPS) is 13.9. The van der Waals surface area contributed by atoms with Crippen LogP contribution in [0.1, 0.15) is 83.1 Å². The molecule has 0 fully saturated rings. The molecule has 212 valence electrons. The fourth-order valence-electron chi connectivity index (χ4n) is 4.82. The van der Waals surface area contributed by atoms with Crippen LogP contribution < -0.4 is 0 Å². The van der Waals surface area contributed by atoms with Gasteiger partial charge in [0.1, 0.15) is 0 Å². The first-order chi connectivity index (χ1) is 16.6. The summed E-state index contributed by atoms with van der Waals surface area (Å²) in [5, 5.41) is 0. The Balaban J connectivity index is 6.29. The largest absolute Gasteiger partial charge is 0.439 e. The summed E-state index contributed by atoms with van der Waals surface area (Å²) in [5.41, 5.74) is 0. The first-order valence-electron chi connectivity index (χ1n) is 15.1. The van der Waals surface area contributed by atoms with Crippen LogP contribution in [-0.2, 0) is 20.6 Å². The molecule has 0 aliphatic carbocycles. The average molecular weight is 599 g/mol. The highest BCUT2D eigenvalue weighted by atomic mass is 28.5. The predicted molar refractivity (Wildman–Crippen MR) is 169 cm³/mol. The third kappa shape index (κ3) is 10.3. The van der Waals surface area contributed by atoms with E-state index in [4.69, 9.17) is 20.6 Å². The summed E-state index contributed by atoms with van der Waals surface area (Å²) in [6.07, 6.45) is 0. The zero-order valence-corrected chi connectivity index (χ0v) is 32.0. The molecule has 0 aromatic heterocycles. The van der Waals surface area contributed by atoms with E-state index >= 15 is 0 Å². The van der Waals surface area contributed by atoms with Gasteiger partial charge in [0, 0.05) is 0 Å².